The first-order valence-electron chi connectivity index (χ1n) is 6.00. The lowest BCUT2D eigenvalue weighted by atomic mass is 9.85. The molecule has 1 rings (SSSR count). The second kappa shape index (κ2) is 5.50. The first-order valence-corrected chi connectivity index (χ1v) is 6.00. The zero-order chi connectivity index (χ0) is 11.4. The highest BCUT2D eigenvalue weighted by Gasteiger charge is 2.26. The van der Waals surface area contributed by atoms with Crippen LogP contribution in [0.4, 0.5) is 0 Å². The maximum atomic E-state index is 11.6. The number of hydrogen-bond acceptors (Lipinski definition) is 2. The summed E-state index contributed by atoms with van der Waals surface area (Å²) >= 11 is 0. The van der Waals surface area contributed by atoms with E-state index < -0.39 is 0 Å². The summed E-state index contributed by atoms with van der Waals surface area (Å²) in [6, 6.07) is 0. The molecular weight excluding hydrogens is 188 g/mol. The van der Waals surface area contributed by atoms with E-state index in [0.29, 0.717) is 17.8 Å². The Morgan fingerprint density at radius 1 is 1.27 bits per heavy atom. The van der Waals surface area contributed by atoms with E-state index in [4.69, 9.17) is 0 Å². The molecule has 0 aromatic carbocycles. The van der Waals surface area contributed by atoms with Crippen LogP contribution in [0.15, 0.2) is 0 Å². The summed E-state index contributed by atoms with van der Waals surface area (Å²) in [6.07, 6.45) is 0. The Morgan fingerprint density at radius 2 is 1.80 bits per heavy atom. The molecule has 1 aliphatic rings. The first-order chi connectivity index (χ1) is 7.02. The number of rotatable bonds is 5. The standard InChI is InChI=1S/C12H24N2O/c1-8(2)11(9(3)4)7-14-12(15)10-5-13-6-10/h8-11,13H,5-7H2,1-4H3,(H,14,15). The molecule has 0 aliphatic carbocycles. The van der Waals surface area contributed by atoms with Gasteiger partial charge in [0.25, 0.3) is 0 Å². The van der Waals surface area contributed by atoms with Crippen molar-refractivity contribution in [2.24, 2.45) is 23.7 Å². The molecule has 0 saturated carbocycles. The number of carbonyl (C=O) groups excluding carboxylic acids is 1. The highest BCUT2D eigenvalue weighted by Crippen LogP contribution is 2.19. The normalized spacial score (nSPS) is 17.3. The van der Waals surface area contributed by atoms with Gasteiger partial charge in [-0.3, -0.25) is 4.79 Å². The summed E-state index contributed by atoms with van der Waals surface area (Å²) in [5.74, 6) is 2.28. The fourth-order valence-electron chi connectivity index (χ4n) is 2.08. The van der Waals surface area contributed by atoms with E-state index in [2.05, 4.69) is 38.3 Å². The smallest absolute Gasteiger partial charge is 0.225 e. The maximum absolute atomic E-state index is 11.6. The number of carbonyl (C=O) groups is 1. The Labute approximate surface area is 93.0 Å². The van der Waals surface area contributed by atoms with Crippen molar-refractivity contribution in [1.29, 1.82) is 0 Å². The Hall–Kier alpha value is -0.570. The zero-order valence-corrected chi connectivity index (χ0v) is 10.3. The molecule has 0 aromatic rings. The van der Waals surface area contributed by atoms with Crippen molar-refractivity contribution in [1.82, 2.24) is 10.6 Å². The van der Waals surface area contributed by atoms with Gasteiger partial charge in [-0.25, -0.2) is 0 Å². The van der Waals surface area contributed by atoms with Crippen LogP contribution in [0, 0.1) is 23.7 Å². The van der Waals surface area contributed by atoms with E-state index in [1.165, 1.54) is 0 Å². The molecule has 0 spiro atoms. The number of amides is 1. The molecule has 3 nitrogen and oxygen atoms in total. The first kappa shape index (κ1) is 12.5. The molecule has 1 saturated heterocycles. The van der Waals surface area contributed by atoms with Crippen LogP contribution < -0.4 is 10.6 Å². The molecule has 1 fully saturated rings. The minimum atomic E-state index is 0.213. The average molecular weight is 212 g/mol. The molecule has 0 aromatic heterocycles. The number of hydrogen-bond donors (Lipinski definition) is 2. The average Bonchev–Trinajstić information content (AvgIpc) is 1.99. The molecule has 88 valence electrons. The van der Waals surface area contributed by atoms with Crippen LogP contribution in [-0.4, -0.2) is 25.5 Å². The quantitative estimate of drug-likeness (QED) is 0.720. The molecule has 15 heavy (non-hydrogen) atoms. The molecule has 0 atom stereocenters. The zero-order valence-electron chi connectivity index (χ0n) is 10.3. The van der Waals surface area contributed by atoms with Crippen LogP contribution in [0.5, 0.6) is 0 Å². The molecule has 0 bridgehead atoms. The van der Waals surface area contributed by atoms with Gasteiger partial charge in [-0.15, -0.1) is 0 Å². The molecule has 1 aliphatic heterocycles. The third-order valence-corrected chi connectivity index (χ3v) is 3.38. The second-order valence-corrected chi connectivity index (χ2v) is 5.25. The summed E-state index contributed by atoms with van der Waals surface area (Å²) in [6.45, 7) is 11.4. The maximum Gasteiger partial charge on any atom is 0.225 e. The predicted molar refractivity (Wildman–Crippen MR) is 62.5 cm³/mol. The molecule has 1 amide bonds. The van der Waals surface area contributed by atoms with Gasteiger partial charge in [0.05, 0.1) is 5.92 Å². The summed E-state index contributed by atoms with van der Waals surface area (Å²) in [5.41, 5.74) is 0. The Morgan fingerprint density at radius 3 is 2.13 bits per heavy atom. The second-order valence-electron chi connectivity index (χ2n) is 5.25. The van der Waals surface area contributed by atoms with Gasteiger partial charge in [0, 0.05) is 19.6 Å². The Balaban J connectivity index is 2.29. The van der Waals surface area contributed by atoms with Gasteiger partial charge >= 0.3 is 0 Å². The fraction of sp³-hybridized carbons (Fsp3) is 0.917. The highest BCUT2D eigenvalue weighted by molar-refractivity contribution is 5.79. The summed E-state index contributed by atoms with van der Waals surface area (Å²) in [5, 5.41) is 6.18. The summed E-state index contributed by atoms with van der Waals surface area (Å²) in [4.78, 5) is 11.6. The van der Waals surface area contributed by atoms with E-state index in [1.807, 2.05) is 0 Å². The van der Waals surface area contributed by atoms with E-state index in [1.54, 1.807) is 0 Å². The van der Waals surface area contributed by atoms with Crippen LogP contribution in [-0.2, 0) is 4.79 Å². The van der Waals surface area contributed by atoms with Crippen molar-refractivity contribution >= 4 is 5.91 Å². The fourth-order valence-corrected chi connectivity index (χ4v) is 2.08. The van der Waals surface area contributed by atoms with Crippen LogP contribution in [0.3, 0.4) is 0 Å². The van der Waals surface area contributed by atoms with E-state index >= 15 is 0 Å². The molecule has 2 N–H and O–H groups in total. The van der Waals surface area contributed by atoms with Crippen LogP contribution in [0.25, 0.3) is 0 Å². The molecule has 0 radical (unpaired) electrons. The lowest BCUT2D eigenvalue weighted by molar-refractivity contribution is -0.126. The lowest BCUT2D eigenvalue weighted by Crippen LogP contribution is -2.51. The molecule has 0 unspecified atom stereocenters. The van der Waals surface area contributed by atoms with Gasteiger partial charge in [0.15, 0.2) is 0 Å². The summed E-state index contributed by atoms with van der Waals surface area (Å²) < 4.78 is 0. The predicted octanol–water partition coefficient (Wildman–Crippen LogP) is 1.25. The molecule has 3 heteroatoms. The molecule has 1 heterocycles. The van der Waals surface area contributed by atoms with Crippen molar-refractivity contribution < 1.29 is 4.79 Å². The van der Waals surface area contributed by atoms with Crippen molar-refractivity contribution in [3.8, 4) is 0 Å². The SMILES string of the molecule is CC(C)C(CNC(=O)C1CNC1)C(C)C. The topological polar surface area (TPSA) is 41.1 Å². The van der Waals surface area contributed by atoms with Crippen molar-refractivity contribution in [3.05, 3.63) is 0 Å². The third-order valence-electron chi connectivity index (χ3n) is 3.38. The number of nitrogens with one attached hydrogen (secondary N) is 2. The van der Waals surface area contributed by atoms with E-state index in [0.717, 1.165) is 19.6 Å². The van der Waals surface area contributed by atoms with Gasteiger partial charge in [0.1, 0.15) is 0 Å². The Bertz CT molecular complexity index is 202. The van der Waals surface area contributed by atoms with Crippen molar-refractivity contribution in [2.45, 2.75) is 27.7 Å². The van der Waals surface area contributed by atoms with Crippen LogP contribution >= 0.6 is 0 Å². The van der Waals surface area contributed by atoms with Gasteiger partial charge in [-0.2, -0.15) is 0 Å². The van der Waals surface area contributed by atoms with Gasteiger partial charge in [0.2, 0.25) is 5.91 Å². The van der Waals surface area contributed by atoms with E-state index in [-0.39, 0.29) is 11.8 Å². The van der Waals surface area contributed by atoms with Crippen molar-refractivity contribution in [2.75, 3.05) is 19.6 Å². The minimum absolute atomic E-state index is 0.213. The largest absolute Gasteiger partial charge is 0.355 e. The van der Waals surface area contributed by atoms with E-state index in [9.17, 15) is 4.79 Å². The molecular formula is C12H24N2O. The lowest BCUT2D eigenvalue weighted by Gasteiger charge is -2.29. The van der Waals surface area contributed by atoms with Gasteiger partial charge in [-0.05, 0) is 17.8 Å². The van der Waals surface area contributed by atoms with Gasteiger partial charge in [-0.1, -0.05) is 27.7 Å². The third kappa shape index (κ3) is 3.49. The van der Waals surface area contributed by atoms with Crippen molar-refractivity contribution in [3.63, 3.8) is 0 Å². The Kier molecular flexibility index (Phi) is 4.58. The van der Waals surface area contributed by atoms with Crippen LogP contribution in [0.1, 0.15) is 27.7 Å². The highest BCUT2D eigenvalue weighted by atomic mass is 16.2. The van der Waals surface area contributed by atoms with Gasteiger partial charge < -0.3 is 10.6 Å². The minimum Gasteiger partial charge on any atom is -0.355 e. The monoisotopic (exact) mass is 212 g/mol. The summed E-state index contributed by atoms with van der Waals surface area (Å²) in [7, 11) is 0. The van der Waals surface area contributed by atoms with Crippen LogP contribution in [0.2, 0.25) is 0 Å².